The van der Waals surface area contributed by atoms with E-state index in [1.807, 2.05) is 12.1 Å². The van der Waals surface area contributed by atoms with Crippen LogP contribution in [-0.2, 0) is 16.0 Å². The summed E-state index contributed by atoms with van der Waals surface area (Å²) in [5.74, 6) is 0. The van der Waals surface area contributed by atoms with Crippen LogP contribution in [0.15, 0.2) is 18.2 Å². The Balaban J connectivity index is 2.42. The number of benzene rings is 1. The second kappa shape index (κ2) is 7.09. The van der Waals surface area contributed by atoms with Gasteiger partial charge in [0.05, 0.1) is 0 Å². The molecule has 0 radical (unpaired) electrons. The molecule has 0 atom stereocenters. The molecule has 1 aromatic rings. The number of hydrogen-bond donors (Lipinski definition) is 1. The SMILES string of the molecule is COC(CNCc1ccc(Cl)cc1Cl)OC. The van der Waals surface area contributed by atoms with E-state index < -0.39 is 0 Å². The zero-order valence-electron chi connectivity index (χ0n) is 9.30. The number of halogens is 2. The number of nitrogens with one attached hydrogen (secondary N) is 1. The Bertz CT molecular complexity index is 330. The van der Waals surface area contributed by atoms with Crippen LogP contribution in [0.2, 0.25) is 10.0 Å². The molecule has 1 aromatic carbocycles. The number of hydrogen-bond acceptors (Lipinski definition) is 3. The minimum atomic E-state index is -0.244. The van der Waals surface area contributed by atoms with Gasteiger partial charge in [0.2, 0.25) is 0 Å². The standard InChI is InChI=1S/C11H15Cl2NO2/c1-15-11(16-2)7-14-6-8-3-4-9(12)5-10(8)13/h3-5,11,14H,6-7H2,1-2H3. The maximum absolute atomic E-state index is 6.03. The van der Waals surface area contributed by atoms with Gasteiger partial charge >= 0.3 is 0 Å². The van der Waals surface area contributed by atoms with Crippen molar-refractivity contribution in [2.24, 2.45) is 0 Å². The van der Waals surface area contributed by atoms with Crippen LogP contribution in [0.3, 0.4) is 0 Å². The van der Waals surface area contributed by atoms with E-state index in [4.69, 9.17) is 32.7 Å². The zero-order chi connectivity index (χ0) is 12.0. The second-order valence-corrected chi connectivity index (χ2v) is 4.11. The maximum Gasteiger partial charge on any atom is 0.169 e. The maximum atomic E-state index is 6.03. The van der Waals surface area contributed by atoms with Crippen LogP contribution >= 0.6 is 23.2 Å². The van der Waals surface area contributed by atoms with E-state index in [1.165, 1.54) is 0 Å². The van der Waals surface area contributed by atoms with Gasteiger partial charge in [0.15, 0.2) is 6.29 Å². The number of methoxy groups -OCH3 is 2. The number of ether oxygens (including phenoxy) is 2. The summed E-state index contributed by atoms with van der Waals surface area (Å²) in [7, 11) is 3.20. The highest BCUT2D eigenvalue weighted by Crippen LogP contribution is 2.20. The van der Waals surface area contributed by atoms with Crippen molar-refractivity contribution in [3.63, 3.8) is 0 Å². The van der Waals surface area contributed by atoms with Gasteiger partial charge in [-0.25, -0.2) is 0 Å². The molecule has 0 unspecified atom stereocenters. The van der Waals surface area contributed by atoms with Gasteiger partial charge in [-0.3, -0.25) is 0 Å². The van der Waals surface area contributed by atoms with Crippen molar-refractivity contribution in [1.29, 1.82) is 0 Å². The molecule has 0 aliphatic carbocycles. The summed E-state index contributed by atoms with van der Waals surface area (Å²) in [5.41, 5.74) is 0.997. The Hall–Kier alpha value is -0.320. The Morgan fingerprint density at radius 1 is 1.25 bits per heavy atom. The molecule has 0 aliphatic rings. The zero-order valence-corrected chi connectivity index (χ0v) is 10.8. The minimum absolute atomic E-state index is 0.244. The van der Waals surface area contributed by atoms with Gasteiger partial charge in [-0.05, 0) is 17.7 Å². The highest BCUT2D eigenvalue weighted by Gasteiger charge is 2.05. The quantitative estimate of drug-likeness (QED) is 0.801. The van der Waals surface area contributed by atoms with Gasteiger partial charge in [0.1, 0.15) is 0 Å². The van der Waals surface area contributed by atoms with Crippen molar-refractivity contribution in [2.75, 3.05) is 20.8 Å². The molecule has 0 aromatic heterocycles. The molecule has 5 heteroatoms. The van der Waals surface area contributed by atoms with Crippen molar-refractivity contribution >= 4 is 23.2 Å². The predicted molar refractivity (Wildman–Crippen MR) is 66.0 cm³/mol. The molecular formula is C11H15Cl2NO2. The van der Waals surface area contributed by atoms with Crippen LogP contribution in [0, 0.1) is 0 Å². The van der Waals surface area contributed by atoms with Crippen LogP contribution in [0.1, 0.15) is 5.56 Å². The molecule has 90 valence electrons. The van der Waals surface area contributed by atoms with Crippen LogP contribution in [-0.4, -0.2) is 27.1 Å². The third-order valence-electron chi connectivity index (χ3n) is 2.17. The highest BCUT2D eigenvalue weighted by atomic mass is 35.5. The minimum Gasteiger partial charge on any atom is -0.355 e. The summed E-state index contributed by atoms with van der Waals surface area (Å²) in [6.45, 7) is 1.26. The first-order chi connectivity index (χ1) is 7.67. The first-order valence-electron chi connectivity index (χ1n) is 4.87. The normalized spacial score (nSPS) is 11.1. The van der Waals surface area contributed by atoms with E-state index in [-0.39, 0.29) is 6.29 Å². The van der Waals surface area contributed by atoms with Crippen LogP contribution in [0.25, 0.3) is 0 Å². The lowest BCUT2D eigenvalue weighted by Crippen LogP contribution is -2.29. The summed E-state index contributed by atoms with van der Waals surface area (Å²) < 4.78 is 10.1. The highest BCUT2D eigenvalue weighted by molar-refractivity contribution is 6.35. The average Bonchev–Trinajstić information content (AvgIpc) is 2.27. The molecule has 0 aliphatic heterocycles. The molecule has 0 heterocycles. The van der Waals surface area contributed by atoms with Gasteiger partial charge in [-0.1, -0.05) is 29.3 Å². The van der Waals surface area contributed by atoms with Gasteiger partial charge < -0.3 is 14.8 Å². The van der Waals surface area contributed by atoms with E-state index >= 15 is 0 Å². The molecule has 0 bridgehead atoms. The fourth-order valence-corrected chi connectivity index (χ4v) is 1.73. The van der Waals surface area contributed by atoms with Crippen molar-refractivity contribution in [2.45, 2.75) is 12.8 Å². The summed E-state index contributed by atoms with van der Waals surface area (Å²) in [4.78, 5) is 0. The summed E-state index contributed by atoms with van der Waals surface area (Å²) in [5, 5.41) is 4.48. The van der Waals surface area contributed by atoms with Crippen LogP contribution in [0.5, 0.6) is 0 Å². The lowest BCUT2D eigenvalue weighted by Gasteiger charge is -2.14. The van der Waals surface area contributed by atoms with Crippen LogP contribution in [0.4, 0.5) is 0 Å². The molecule has 16 heavy (non-hydrogen) atoms. The molecule has 0 fully saturated rings. The monoisotopic (exact) mass is 263 g/mol. The fraction of sp³-hybridized carbons (Fsp3) is 0.455. The van der Waals surface area contributed by atoms with Crippen molar-refractivity contribution in [3.8, 4) is 0 Å². The fourth-order valence-electron chi connectivity index (χ4n) is 1.25. The summed E-state index contributed by atoms with van der Waals surface area (Å²) >= 11 is 11.8. The largest absolute Gasteiger partial charge is 0.355 e. The van der Waals surface area contributed by atoms with Gasteiger partial charge in [0.25, 0.3) is 0 Å². The molecule has 0 saturated carbocycles. The smallest absolute Gasteiger partial charge is 0.169 e. The first kappa shape index (κ1) is 13.7. The van der Waals surface area contributed by atoms with E-state index in [0.29, 0.717) is 23.1 Å². The molecular weight excluding hydrogens is 249 g/mol. The average molecular weight is 264 g/mol. The Morgan fingerprint density at radius 2 is 1.94 bits per heavy atom. The lowest BCUT2D eigenvalue weighted by atomic mass is 10.2. The number of rotatable bonds is 6. The van der Waals surface area contributed by atoms with E-state index in [9.17, 15) is 0 Å². The van der Waals surface area contributed by atoms with Gasteiger partial charge in [-0.15, -0.1) is 0 Å². The first-order valence-corrected chi connectivity index (χ1v) is 5.63. The third-order valence-corrected chi connectivity index (χ3v) is 2.75. The summed E-state index contributed by atoms with van der Waals surface area (Å²) in [6, 6.07) is 5.44. The predicted octanol–water partition coefficient (Wildman–Crippen LogP) is 2.70. The third kappa shape index (κ3) is 4.28. The van der Waals surface area contributed by atoms with Gasteiger partial charge in [-0.2, -0.15) is 0 Å². The van der Waals surface area contributed by atoms with Crippen LogP contribution < -0.4 is 5.32 Å². The molecule has 0 amide bonds. The molecule has 0 spiro atoms. The Morgan fingerprint density at radius 3 is 2.50 bits per heavy atom. The lowest BCUT2D eigenvalue weighted by molar-refractivity contribution is -0.0989. The Kier molecular flexibility index (Phi) is 6.09. The van der Waals surface area contributed by atoms with E-state index in [2.05, 4.69) is 5.32 Å². The molecule has 0 saturated heterocycles. The van der Waals surface area contributed by atoms with Crippen molar-refractivity contribution in [3.05, 3.63) is 33.8 Å². The van der Waals surface area contributed by atoms with Crippen molar-refractivity contribution in [1.82, 2.24) is 5.32 Å². The van der Waals surface area contributed by atoms with Crippen molar-refractivity contribution < 1.29 is 9.47 Å². The Labute approximate surface area is 106 Å². The van der Waals surface area contributed by atoms with E-state index in [0.717, 1.165) is 5.56 Å². The molecule has 3 nitrogen and oxygen atoms in total. The molecule has 1 N–H and O–H groups in total. The summed E-state index contributed by atoms with van der Waals surface area (Å²) in [6.07, 6.45) is -0.244. The second-order valence-electron chi connectivity index (χ2n) is 3.27. The van der Waals surface area contributed by atoms with E-state index in [1.54, 1.807) is 20.3 Å². The topological polar surface area (TPSA) is 30.5 Å². The van der Waals surface area contributed by atoms with Gasteiger partial charge in [0, 0.05) is 37.4 Å². The molecule has 1 rings (SSSR count).